The summed E-state index contributed by atoms with van der Waals surface area (Å²) < 4.78 is 37.7. The maximum Gasteiger partial charge on any atom is 0.408 e. The van der Waals surface area contributed by atoms with Crippen molar-refractivity contribution in [2.75, 3.05) is 33.3 Å². The molecule has 0 aliphatic carbocycles. The number of carboxylic acid groups (broad SMARTS) is 1. The molecule has 0 radical (unpaired) electrons. The highest BCUT2D eigenvalue weighted by atomic mass is 32.2. The molecule has 2 amide bonds. The Hall–Kier alpha value is -3.64. The smallest absolute Gasteiger partial charge is 0.408 e. The number of aryl methyl sites for hydroxylation is 1. The number of ether oxygens (including phenoxy) is 2. The highest BCUT2D eigenvalue weighted by molar-refractivity contribution is 7.89. The molecular formula is C25H31N3O8S. The maximum atomic E-state index is 13.1. The highest BCUT2D eigenvalue weighted by Crippen LogP contribution is 2.25. The molecule has 1 atom stereocenters. The van der Waals surface area contributed by atoms with Crippen LogP contribution >= 0.6 is 0 Å². The molecule has 1 heterocycles. The van der Waals surface area contributed by atoms with Crippen molar-refractivity contribution in [2.24, 2.45) is 0 Å². The average molecular weight is 534 g/mol. The van der Waals surface area contributed by atoms with Crippen molar-refractivity contribution >= 4 is 28.0 Å². The number of sulfonamides is 1. The number of nitrogens with one attached hydrogen (secondary N) is 1. The largest absolute Gasteiger partial charge is 0.497 e. The summed E-state index contributed by atoms with van der Waals surface area (Å²) in [6.07, 6.45) is -1.14. The first-order valence-electron chi connectivity index (χ1n) is 11.7. The van der Waals surface area contributed by atoms with Gasteiger partial charge in [0.2, 0.25) is 15.9 Å². The molecule has 1 aliphatic rings. The van der Waals surface area contributed by atoms with Gasteiger partial charge in [-0.05, 0) is 42.7 Å². The quantitative estimate of drug-likeness (QED) is 0.472. The van der Waals surface area contributed by atoms with Crippen LogP contribution in [0.25, 0.3) is 0 Å². The Morgan fingerprint density at radius 2 is 1.73 bits per heavy atom. The standard InChI is InChI=1S/C25H31N3O8S/c1-18-16-20(35-2)8-10-22(18)37(33,34)28-14-12-27(13-15-28)23(29)11-9-21(24(30)31)26-25(32)36-17-19-6-4-3-5-7-19/h3-8,10,16,21H,9,11-15,17H2,1-2H3,(H,26,32)(H,30,31)/t21-/m0/s1. The van der Waals surface area contributed by atoms with Gasteiger partial charge in [-0.25, -0.2) is 18.0 Å². The van der Waals surface area contributed by atoms with Crippen molar-refractivity contribution in [3.8, 4) is 5.75 Å². The average Bonchev–Trinajstić information content (AvgIpc) is 2.89. The van der Waals surface area contributed by atoms with Crippen molar-refractivity contribution in [2.45, 2.75) is 37.3 Å². The van der Waals surface area contributed by atoms with Crippen LogP contribution < -0.4 is 10.1 Å². The third-order valence-corrected chi connectivity index (χ3v) is 8.10. The van der Waals surface area contributed by atoms with E-state index in [1.54, 1.807) is 43.3 Å². The Balaban J connectivity index is 1.49. The number of aliphatic carboxylic acids is 1. The molecule has 0 bridgehead atoms. The van der Waals surface area contributed by atoms with Crippen LogP contribution in [0, 0.1) is 6.92 Å². The number of hydrogen-bond acceptors (Lipinski definition) is 7. The number of hydrogen-bond donors (Lipinski definition) is 2. The van der Waals surface area contributed by atoms with Crippen LogP contribution in [0.4, 0.5) is 4.79 Å². The highest BCUT2D eigenvalue weighted by Gasteiger charge is 2.31. The number of nitrogens with zero attached hydrogens (tertiary/aromatic N) is 2. The molecule has 2 aromatic rings. The van der Waals surface area contributed by atoms with Gasteiger partial charge in [-0.3, -0.25) is 4.79 Å². The van der Waals surface area contributed by atoms with Crippen molar-refractivity contribution in [1.82, 2.24) is 14.5 Å². The lowest BCUT2D eigenvalue weighted by molar-refractivity contribution is -0.140. The predicted octanol–water partition coefficient (Wildman–Crippen LogP) is 2.00. The number of rotatable bonds is 10. The van der Waals surface area contributed by atoms with Crippen LogP contribution in [0.3, 0.4) is 0 Å². The van der Waals surface area contributed by atoms with Gasteiger partial charge in [0.05, 0.1) is 12.0 Å². The van der Waals surface area contributed by atoms with Crippen LogP contribution in [0.5, 0.6) is 5.75 Å². The molecule has 0 spiro atoms. The van der Waals surface area contributed by atoms with Crippen LogP contribution in [-0.2, 0) is 31.0 Å². The predicted molar refractivity (Wildman–Crippen MR) is 133 cm³/mol. The molecule has 1 aliphatic heterocycles. The van der Waals surface area contributed by atoms with Crippen LogP contribution in [0.2, 0.25) is 0 Å². The van der Waals surface area contributed by atoms with E-state index in [9.17, 15) is 27.9 Å². The summed E-state index contributed by atoms with van der Waals surface area (Å²) in [6, 6.07) is 12.4. The van der Waals surface area contributed by atoms with Crippen molar-refractivity contribution in [3.63, 3.8) is 0 Å². The summed E-state index contributed by atoms with van der Waals surface area (Å²) >= 11 is 0. The third kappa shape index (κ3) is 7.43. The maximum absolute atomic E-state index is 13.1. The van der Waals surface area contributed by atoms with E-state index >= 15 is 0 Å². The van der Waals surface area contributed by atoms with Crippen LogP contribution in [0.15, 0.2) is 53.4 Å². The minimum absolute atomic E-state index is 0.0127. The van der Waals surface area contributed by atoms with E-state index in [2.05, 4.69) is 5.32 Å². The molecule has 0 aromatic heterocycles. The molecule has 3 rings (SSSR count). The normalized spacial score (nSPS) is 15.0. The number of piperazine rings is 1. The summed E-state index contributed by atoms with van der Waals surface area (Å²) in [5.74, 6) is -1.04. The minimum Gasteiger partial charge on any atom is -0.497 e. The van der Waals surface area contributed by atoms with Crippen molar-refractivity contribution in [1.29, 1.82) is 0 Å². The summed E-state index contributed by atoms with van der Waals surface area (Å²) in [5.41, 5.74) is 1.32. The fourth-order valence-electron chi connectivity index (χ4n) is 3.95. The van der Waals surface area contributed by atoms with E-state index in [0.717, 1.165) is 5.56 Å². The third-order valence-electron chi connectivity index (χ3n) is 6.04. The lowest BCUT2D eigenvalue weighted by atomic mass is 10.1. The molecule has 0 saturated carbocycles. The second-order valence-corrected chi connectivity index (χ2v) is 10.5. The number of carbonyl (C=O) groups is 3. The Morgan fingerprint density at radius 3 is 2.32 bits per heavy atom. The van der Waals surface area contributed by atoms with Gasteiger partial charge in [-0.1, -0.05) is 30.3 Å². The van der Waals surface area contributed by atoms with Gasteiger partial charge in [0, 0.05) is 32.6 Å². The Kier molecular flexibility index (Phi) is 9.48. The fraction of sp³-hybridized carbons (Fsp3) is 0.400. The summed E-state index contributed by atoms with van der Waals surface area (Å²) in [5, 5.41) is 11.7. The Labute approximate surface area is 216 Å². The lowest BCUT2D eigenvalue weighted by Crippen LogP contribution is -2.51. The number of carboxylic acids is 1. The monoisotopic (exact) mass is 533 g/mol. The fourth-order valence-corrected chi connectivity index (χ4v) is 5.57. The van der Waals surface area contributed by atoms with E-state index in [1.807, 2.05) is 6.07 Å². The van der Waals surface area contributed by atoms with Gasteiger partial charge in [-0.2, -0.15) is 4.31 Å². The second-order valence-electron chi connectivity index (χ2n) is 8.55. The molecular weight excluding hydrogens is 502 g/mol. The summed E-state index contributed by atoms with van der Waals surface area (Å²) in [7, 11) is -2.24. The van der Waals surface area contributed by atoms with E-state index < -0.39 is 28.1 Å². The molecule has 12 heteroatoms. The van der Waals surface area contributed by atoms with Gasteiger partial charge in [-0.15, -0.1) is 0 Å². The topological polar surface area (TPSA) is 143 Å². The van der Waals surface area contributed by atoms with Crippen molar-refractivity contribution < 1.29 is 37.4 Å². The van der Waals surface area contributed by atoms with Crippen LogP contribution in [-0.4, -0.2) is 80.0 Å². The number of carbonyl (C=O) groups excluding carboxylic acids is 2. The lowest BCUT2D eigenvalue weighted by Gasteiger charge is -2.34. The first-order chi connectivity index (χ1) is 17.6. The van der Waals surface area contributed by atoms with Crippen molar-refractivity contribution in [3.05, 3.63) is 59.7 Å². The van der Waals surface area contributed by atoms with E-state index in [-0.39, 0.29) is 56.4 Å². The summed E-state index contributed by atoms with van der Waals surface area (Å²) in [4.78, 5) is 38.0. The molecule has 1 fully saturated rings. The minimum atomic E-state index is -3.74. The van der Waals surface area contributed by atoms with Crippen LogP contribution in [0.1, 0.15) is 24.0 Å². The van der Waals surface area contributed by atoms with Gasteiger partial charge in [0.15, 0.2) is 0 Å². The molecule has 37 heavy (non-hydrogen) atoms. The molecule has 0 unspecified atom stereocenters. The van der Waals surface area contributed by atoms with Gasteiger partial charge in [0.1, 0.15) is 18.4 Å². The molecule has 2 aromatic carbocycles. The molecule has 1 saturated heterocycles. The Bertz CT molecular complexity index is 1210. The number of amides is 2. The number of methoxy groups -OCH3 is 1. The van der Waals surface area contributed by atoms with Gasteiger partial charge >= 0.3 is 12.1 Å². The van der Waals surface area contributed by atoms with Gasteiger partial charge in [0.25, 0.3) is 0 Å². The first kappa shape index (κ1) is 27.9. The van der Waals surface area contributed by atoms with E-state index in [4.69, 9.17) is 9.47 Å². The summed E-state index contributed by atoms with van der Waals surface area (Å²) in [6.45, 7) is 2.27. The zero-order valence-corrected chi connectivity index (χ0v) is 21.6. The van der Waals surface area contributed by atoms with E-state index in [1.165, 1.54) is 22.4 Å². The first-order valence-corrected chi connectivity index (χ1v) is 13.2. The zero-order valence-electron chi connectivity index (χ0n) is 20.8. The number of alkyl carbamates (subject to hydrolysis) is 1. The second kappa shape index (κ2) is 12.5. The van der Waals surface area contributed by atoms with Gasteiger partial charge < -0.3 is 24.8 Å². The molecule has 200 valence electrons. The zero-order chi connectivity index (χ0) is 27.0. The number of benzene rings is 2. The molecule has 2 N–H and O–H groups in total. The van der Waals surface area contributed by atoms with E-state index in [0.29, 0.717) is 11.3 Å². The molecule has 11 nitrogen and oxygen atoms in total. The SMILES string of the molecule is COc1ccc(S(=O)(=O)N2CCN(C(=O)CC[C@H](NC(=O)OCc3ccccc3)C(=O)O)CC2)c(C)c1. The Morgan fingerprint density at radius 1 is 1.05 bits per heavy atom.